The lowest BCUT2D eigenvalue weighted by molar-refractivity contribution is -0.330. The molecule has 0 radical (unpaired) electrons. The van der Waals surface area contributed by atoms with Crippen LogP contribution >= 0.6 is 0 Å². The van der Waals surface area contributed by atoms with E-state index in [1.165, 1.54) is 0 Å². The van der Waals surface area contributed by atoms with Gasteiger partial charge in [0, 0.05) is 46.5 Å². The average molecular weight is 678 g/mol. The first-order chi connectivity index (χ1) is 24.0. The Morgan fingerprint density at radius 1 is 1.02 bits per heavy atom. The number of rotatable bonds is 5. The van der Waals surface area contributed by atoms with Crippen LogP contribution in [0.4, 0.5) is 0 Å². The van der Waals surface area contributed by atoms with Crippen molar-refractivity contribution in [1.82, 2.24) is 4.98 Å². The highest BCUT2D eigenvalue weighted by Crippen LogP contribution is 2.68. The van der Waals surface area contributed by atoms with Crippen LogP contribution in [0.2, 0.25) is 0 Å². The first-order valence-electron chi connectivity index (χ1n) is 17.1. The summed E-state index contributed by atoms with van der Waals surface area (Å²) in [6.07, 6.45) is 2.87. The summed E-state index contributed by atoms with van der Waals surface area (Å²) < 4.78 is 32.1. The number of carbonyl (C=O) groups excluding carboxylic acids is 2. The van der Waals surface area contributed by atoms with Gasteiger partial charge in [0.25, 0.3) is 0 Å². The van der Waals surface area contributed by atoms with E-state index in [0.717, 1.165) is 5.56 Å². The molecule has 0 spiro atoms. The van der Waals surface area contributed by atoms with E-state index in [-0.39, 0.29) is 34.7 Å². The molecule has 2 aliphatic carbocycles. The minimum atomic E-state index is -1.29. The van der Waals surface area contributed by atoms with Crippen molar-refractivity contribution in [3.8, 4) is 17.1 Å². The van der Waals surface area contributed by atoms with E-state index in [9.17, 15) is 19.5 Å². The molecule has 10 nitrogen and oxygen atoms in total. The molecule has 4 aromatic rings. The van der Waals surface area contributed by atoms with Gasteiger partial charge in [-0.05, 0) is 61.8 Å². The predicted octanol–water partition coefficient (Wildman–Crippen LogP) is 6.48. The van der Waals surface area contributed by atoms with E-state index in [0.29, 0.717) is 43.3 Å². The van der Waals surface area contributed by atoms with Crippen molar-refractivity contribution in [1.29, 1.82) is 0 Å². The van der Waals surface area contributed by atoms with Gasteiger partial charge in [0.15, 0.2) is 6.29 Å². The van der Waals surface area contributed by atoms with Crippen LogP contribution in [0, 0.1) is 22.7 Å². The van der Waals surface area contributed by atoms with E-state index in [2.05, 4.69) is 18.8 Å². The maximum absolute atomic E-state index is 13.8. The van der Waals surface area contributed by atoms with Crippen LogP contribution in [0.1, 0.15) is 84.3 Å². The summed E-state index contributed by atoms with van der Waals surface area (Å²) in [6, 6.07) is 21.2. The highest BCUT2D eigenvalue weighted by Gasteiger charge is 2.71. The number of nitrogens with zero attached hydrogens (tertiary/aromatic N) is 1. The van der Waals surface area contributed by atoms with E-state index in [1.807, 2.05) is 37.3 Å². The summed E-state index contributed by atoms with van der Waals surface area (Å²) in [7, 11) is 0. The molecule has 1 N–H and O–H groups in total. The van der Waals surface area contributed by atoms with Crippen LogP contribution < -0.4 is 10.4 Å². The number of fused-ring (bicyclic) bond motifs is 6. The lowest BCUT2D eigenvalue weighted by Crippen LogP contribution is -2.71. The number of esters is 1. The van der Waals surface area contributed by atoms with Crippen LogP contribution in [-0.2, 0) is 14.2 Å². The largest absolute Gasteiger partial charge is 0.482 e. The van der Waals surface area contributed by atoms with E-state index in [1.54, 1.807) is 54.9 Å². The average Bonchev–Trinajstić information content (AvgIpc) is 3.12. The Labute approximate surface area is 289 Å². The lowest BCUT2D eigenvalue weighted by atomic mass is 9.42. The second-order valence-corrected chi connectivity index (χ2v) is 14.8. The number of benzene rings is 2. The van der Waals surface area contributed by atoms with Crippen molar-refractivity contribution in [2.45, 2.75) is 70.2 Å². The third kappa shape index (κ3) is 5.03. The second-order valence-electron chi connectivity index (χ2n) is 14.8. The van der Waals surface area contributed by atoms with Gasteiger partial charge >= 0.3 is 11.6 Å². The topological polar surface area (TPSA) is 134 Å². The molecule has 9 atom stereocenters. The minimum absolute atomic E-state index is 0.0454. The molecular formula is C40H39NO9. The number of carbonyl (C=O) groups is 2. The number of hydrogen-bond donors (Lipinski definition) is 1. The molecular weight excluding hydrogens is 638 g/mol. The van der Waals surface area contributed by atoms with Gasteiger partial charge in [-0.2, -0.15) is 0 Å². The summed E-state index contributed by atoms with van der Waals surface area (Å²) in [5, 5.41) is 12.4. The van der Waals surface area contributed by atoms with Crippen LogP contribution in [0.5, 0.6) is 5.75 Å². The molecule has 2 aromatic carbocycles. The Morgan fingerprint density at radius 3 is 2.52 bits per heavy atom. The molecule has 4 heterocycles. The fourth-order valence-corrected chi connectivity index (χ4v) is 9.53. The third-order valence-corrected chi connectivity index (χ3v) is 12.0. The molecule has 50 heavy (non-hydrogen) atoms. The Bertz CT molecular complexity index is 1980. The van der Waals surface area contributed by atoms with Crippen LogP contribution in [0.3, 0.4) is 0 Å². The number of aliphatic hydroxyl groups is 1. The zero-order valence-electron chi connectivity index (χ0n) is 28.1. The number of pyridine rings is 1. The summed E-state index contributed by atoms with van der Waals surface area (Å²) in [5.41, 5.74) is -0.774. The second kappa shape index (κ2) is 12.0. The van der Waals surface area contributed by atoms with E-state index < -0.39 is 52.4 Å². The molecule has 4 unspecified atom stereocenters. The standard InChI is InChI=1S/C40H39NO9/c1-38-16-15-30-39(2,22-46-37(49-30)25-8-5-4-6-9-25)29(38)19-31(48-35(44)24-13-11-23(21-42)12-14-24)40(3)34(38)33(43)32-28(50-40)18-27(47-36(32)45)26-10-7-17-41-20-26/h4-14,17-18,20-21,29-31,33-34,37,43H,15-16,19,22H2,1-3H3/t29?,30-,31-,33-,34?,37?,38-,39?,40+/m0/s1. The van der Waals surface area contributed by atoms with Crippen molar-refractivity contribution in [3.63, 3.8) is 0 Å². The first kappa shape index (κ1) is 32.6. The Balaban J connectivity index is 1.21. The van der Waals surface area contributed by atoms with Gasteiger partial charge in [0.2, 0.25) is 0 Å². The number of aromatic nitrogens is 1. The maximum Gasteiger partial charge on any atom is 0.345 e. The van der Waals surface area contributed by atoms with Gasteiger partial charge < -0.3 is 28.5 Å². The molecule has 258 valence electrons. The van der Waals surface area contributed by atoms with Gasteiger partial charge in [-0.1, -0.05) is 56.3 Å². The quantitative estimate of drug-likeness (QED) is 0.185. The predicted molar refractivity (Wildman–Crippen MR) is 180 cm³/mol. The molecule has 10 heteroatoms. The highest BCUT2D eigenvalue weighted by atomic mass is 16.7. The molecule has 0 bridgehead atoms. The number of hydrogen-bond acceptors (Lipinski definition) is 10. The minimum Gasteiger partial charge on any atom is -0.482 e. The van der Waals surface area contributed by atoms with Gasteiger partial charge in [-0.25, -0.2) is 9.59 Å². The lowest BCUT2D eigenvalue weighted by Gasteiger charge is -2.67. The highest BCUT2D eigenvalue weighted by molar-refractivity contribution is 5.90. The van der Waals surface area contributed by atoms with Crippen LogP contribution in [0.15, 0.2) is 94.4 Å². The molecule has 2 aromatic heterocycles. The fraction of sp³-hybridized carbons (Fsp3) is 0.400. The van der Waals surface area contributed by atoms with Crippen molar-refractivity contribution in [2.24, 2.45) is 22.7 Å². The van der Waals surface area contributed by atoms with Crippen LogP contribution in [-0.4, -0.2) is 46.8 Å². The molecule has 8 rings (SSSR count). The molecule has 2 aliphatic heterocycles. The SMILES string of the molecule is CC12COC(c3ccccc3)O[C@H]1CC[C@@]1(C)C2C[C@H](OC(=O)c2ccc(C=O)cc2)[C@@]2(C)Oc3cc(-c4cccnc4)oc(=O)c3[C@H](O)C12. The summed E-state index contributed by atoms with van der Waals surface area (Å²) >= 11 is 0. The number of ether oxygens (including phenoxy) is 4. The van der Waals surface area contributed by atoms with Gasteiger partial charge in [0.1, 0.15) is 35.1 Å². The normalized spacial score (nSPS) is 34.2. The van der Waals surface area contributed by atoms with E-state index in [4.69, 9.17) is 23.4 Å². The summed E-state index contributed by atoms with van der Waals surface area (Å²) in [4.78, 5) is 42.9. The molecule has 2 saturated carbocycles. The first-order valence-corrected chi connectivity index (χ1v) is 17.1. The number of aldehydes is 1. The monoisotopic (exact) mass is 677 g/mol. The zero-order valence-corrected chi connectivity index (χ0v) is 28.1. The Morgan fingerprint density at radius 2 is 1.80 bits per heavy atom. The Kier molecular flexibility index (Phi) is 7.82. The van der Waals surface area contributed by atoms with Crippen LogP contribution in [0.25, 0.3) is 11.3 Å². The maximum atomic E-state index is 13.8. The summed E-state index contributed by atoms with van der Waals surface area (Å²) in [5.74, 6) is -0.994. The third-order valence-electron chi connectivity index (χ3n) is 12.0. The van der Waals surface area contributed by atoms with Crippen molar-refractivity contribution < 1.29 is 38.1 Å². The van der Waals surface area contributed by atoms with Crippen molar-refractivity contribution in [2.75, 3.05) is 6.61 Å². The molecule has 1 saturated heterocycles. The Hall–Kier alpha value is -4.64. The molecule has 3 fully saturated rings. The fourth-order valence-electron chi connectivity index (χ4n) is 9.53. The van der Waals surface area contributed by atoms with Gasteiger partial charge in [0.05, 0.1) is 24.4 Å². The molecule has 0 amide bonds. The van der Waals surface area contributed by atoms with Gasteiger partial charge in [-0.3, -0.25) is 9.78 Å². The zero-order chi connectivity index (χ0) is 34.8. The van der Waals surface area contributed by atoms with Crippen molar-refractivity contribution >= 4 is 12.3 Å². The smallest absolute Gasteiger partial charge is 0.345 e. The van der Waals surface area contributed by atoms with Gasteiger partial charge in [-0.15, -0.1) is 0 Å². The summed E-state index contributed by atoms with van der Waals surface area (Å²) in [6.45, 7) is 6.55. The van der Waals surface area contributed by atoms with Crippen molar-refractivity contribution in [3.05, 3.63) is 118 Å². The van der Waals surface area contributed by atoms with E-state index >= 15 is 0 Å². The molecule has 4 aliphatic rings. The number of aliphatic hydroxyl groups excluding tert-OH is 1.